The van der Waals surface area contributed by atoms with E-state index >= 15 is 0 Å². The molecule has 0 aliphatic rings. The second-order valence-corrected chi connectivity index (χ2v) is 4.31. The zero-order valence-electron chi connectivity index (χ0n) is 11.3. The van der Waals surface area contributed by atoms with Crippen LogP contribution >= 0.6 is 0 Å². The molecule has 0 heterocycles. The molecule has 1 amide bonds. The number of para-hydroxylation sites is 2. The molecule has 4 nitrogen and oxygen atoms in total. The van der Waals surface area contributed by atoms with E-state index < -0.39 is 0 Å². The smallest absolute Gasteiger partial charge is 0.228 e. The van der Waals surface area contributed by atoms with Crippen molar-refractivity contribution in [2.45, 2.75) is 33.3 Å². The molecule has 2 N–H and O–H groups in total. The van der Waals surface area contributed by atoms with Crippen molar-refractivity contribution < 1.29 is 9.53 Å². The lowest BCUT2D eigenvalue weighted by Crippen LogP contribution is -2.32. The average Bonchev–Trinajstić information content (AvgIpc) is 2.32. The first-order chi connectivity index (χ1) is 8.60. The lowest BCUT2D eigenvalue weighted by Gasteiger charge is -2.24. The molecule has 1 aromatic rings. The molecule has 0 saturated carbocycles. The topological polar surface area (TPSA) is 55.6 Å². The highest BCUT2D eigenvalue weighted by molar-refractivity contribution is 5.94. The van der Waals surface area contributed by atoms with Gasteiger partial charge in [0.1, 0.15) is 5.75 Å². The summed E-state index contributed by atoms with van der Waals surface area (Å²) in [5, 5.41) is 0. The third kappa shape index (κ3) is 3.74. The molecule has 0 bridgehead atoms. The van der Waals surface area contributed by atoms with E-state index in [1.165, 1.54) is 0 Å². The predicted octanol–water partition coefficient (Wildman–Crippen LogP) is 2.18. The molecule has 100 valence electrons. The van der Waals surface area contributed by atoms with Gasteiger partial charge in [0, 0.05) is 19.5 Å². The maximum absolute atomic E-state index is 12.0. The van der Waals surface area contributed by atoms with Gasteiger partial charge in [0.2, 0.25) is 5.91 Å². The van der Waals surface area contributed by atoms with E-state index in [1.54, 1.807) is 4.90 Å². The molecule has 0 unspecified atom stereocenters. The highest BCUT2D eigenvalue weighted by Crippen LogP contribution is 2.29. The number of rotatable bonds is 6. The van der Waals surface area contributed by atoms with Crippen LogP contribution in [0, 0.1) is 0 Å². The van der Waals surface area contributed by atoms with Crippen molar-refractivity contribution in [3.63, 3.8) is 0 Å². The Morgan fingerprint density at radius 2 is 2.06 bits per heavy atom. The second-order valence-electron chi connectivity index (χ2n) is 4.31. The number of carbonyl (C=O) groups is 1. The average molecular weight is 250 g/mol. The summed E-state index contributed by atoms with van der Waals surface area (Å²) in [4.78, 5) is 13.7. The molecule has 1 aromatic carbocycles. The number of carbonyl (C=O) groups excluding carboxylic acids is 1. The largest absolute Gasteiger partial charge is 0.489 e. The van der Waals surface area contributed by atoms with Gasteiger partial charge in [-0.2, -0.15) is 0 Å². The SMILES string of the molecule is CCN(C(=O)CCN)c1ccccc1OC(C)C. The van der Waals surface area contributed by atoms with E-state index in [9.17, 15) is 4.79 Å². The highest BCUT2D eigenvalue weighted by atomic mass is 16.5. The molecule has 0 spiro atoms. The monoisotopic (exact) mass is 250 g/mol. The van der Waals surface area contributed by atoms with Crippen LogP contribution in [0.15, 0.2) is 24.3 Å². The second kappa shape index (κ2) is 7.01. The summed E-state index contributed by atoms with van der Waals surface area (Å²) in [6.07, 6.45) is 0.429. The lowest BCUT2D eigenvalue weighted by atomic mass is 10.2. The van der Waals surface area contributed by atoms with Crippen molar-refractivity contribution in [1.29, 1.82) is 0 Å². The summed E-state index contributed by atoms with van der Waals surface area (Å²) >= 11 is 0. The summed E-state index contributed by atoms with van der Waals surface area (Å²) in [6, 6.07) is 7.59. The number of anilines is 1. The van der Waals surface area contributed by atoms with E-state index in [2.05, 4.69) is 0 Å². The maximum atomic E-state index is 12.0. The van der Waals surface area contributed by atoms with Crippen molar-refractivity contribution in [3.05, 3.63) is 24.3 Å². The molecule has 0 fully saturated rings. The molecule has 18 heavy (non-hydrogen) atoms. The van der Waals surface area contributed by atoms with Crippen molar-refractivity contribution >= 4 is 11.6 Å². The molecule has 0 atom stereocenters. The zero-order valence-corrected chi connectivity index (χ0v) is 11.3. The maximum Gasteiger partial charge on any atom is 0.228 e. The van der Waals surface area contributed by atoms with E-state index in [-0.39, 0.29) is 12.0 Å². The van der Waals surface area contributed by atoms with Gasteiger partial charge in [-0.1, -0.05) is 12.1 Å². The summed E-state index contributed by atoms with van der Waals surface area (Å²) < 4.78 is 5.73. The minimum Gasteiger partial charge on any atom is -0.489 e. The fourth-order valence-corrected chi connectivity index (χ4v) is 1.77. The van der Waals surface area contributed by atoms with Crippen LogP contribution in [0.3, 0.4) is 0 Å². The van der Waals surface area contributed by atoms with Crippen LogP contribution in [0.4, 0.5) is 5.69 Å². The van der Waals surface area contributed by atoms with Gasteiger partial charge in [-0.25, -0.2) is 0 Å². The Morgan fingerprint density at radius 3 is 2.61 bits per heavy atom. The van der Waals surface area contributed by atoms with Crippen molar-refractivity contribution in [2.24, 2.45) is 5.73 Å². The Bertz CT molecular complexity index is 391. The Labute approximate surface area is 109 Å². The number of nitrogens with two attached hydrogens (primary N) is 1. The van der Waals surface area contributed by atoms with Gasteiger partial charge in [0.15, 0.2) is 0 Å². The third-order valence-corrected chi connectivity index (χ3v) is 2.49. The van der Waals surface area contributed by atoms with Gasteiger partial charge in [-0.3, -0.25) is 4.79 Å². The molecule has 0 saturated heterocycles. The molecule has 4 heteroatoms. The third-order valence-electron chi connectivity index (χ3n) is 2.49. The standard InChI is InChI=1S/C14H22N2O2/c1-4-16(14(17)9-10-15)12-7-5-6-8-13(12)18-11(2)3/h5-8,11H,4,9-10,15H2,1-3H3. The molecule has 0 radical (unpaired) electrons. The van der Waals surface area contributed by atoms with Gasteiger partial charge in [-0.05, 0) is 32.9 Å². The minimum atomic E-state index is 0.0276. The van der Waals surface area contributed by atoms with Crippen molar-refractivity contribution in [2.75, 3.05) is 18.0 Å². The molecular weight excluding hydrogens is 228 g/mol. The van der Waals surface area contributed by atoms with Crippen molar-refractivity contribution in [3.8, 4) is 5.75 Å². The van der Waals surface area contributed by atoms with E-state index in [0.29, 0.717) is 19.5 Å². The number of benzene rings is 1. The number of hydrogen-bond acceptors (Lipinski definition) is 3. The molecule has 0 aliphatic carbocycles. The summed E-state index contributed by atoms with van der Waals surface area (Å²) in [7, 11) is 0. The number of nitrogens with zero attached hydrogens (tertiary/aromatic N) is 1. The number of amides is 1. The molecule has 0 aliphatic heterocycles. The fourth-order valence-electron chi connectivity index (χ4n) is 1.77. The van der Waals surface area contributed by atoms with Crippen LogP contribution in [0.1, 0.15) is 27.2 Å². The highest BCUT2D eigenvalue weighted by Gasteiger charge is 2.17. The van der Waals surface area contributed by atoms with Crippen LogP contribution in [-0.2, 0) is 4.79 Å². The predicted molar refractivity (Wildman–Crippen MR) is 73.9 cm³/mol. The van der Waals surface area contributed by atoms with Crippen LogP contribution in [0.2, 0.25) is 0 Å². The quantitative estimate of drug-likeness (QED) is 0.842. The first-order valence-corrected chi connectivity index (χ1v) is 6.36. The van der Waals surface area contributed by atoms with Crippen LogP contribution in [-0.4, -0.2) is 25.1 Å². The van der Waals surface area contributed by atoms with Crippen molar-refractivity contribution in [1.82, 2.24) is 0 Å². The van der Waals surface area contributed by atoms with Gasteiger partial charge in [0.05, 0.1) is 11.8 Å². The van der Waals surface area contributed by atoms with Gasteiger partial charge in [-0.15, -0.1) is 0 Å². The van der Waals surface area contributed by atoms with Crippen LogP contribution in [0.5, 0.6) is 5.75 Å². The van der Waals surface area contributed by atoms with E-state index in [0.717, 1.165) is 11.4 Å². The van der Waals surface area contributed by atoms with Gasteiger partial charge in [0.25, 0.3) is 0 Å². The number of hydrogen-bond donors (Lipinski definition) is 1. The molecule has 0 aromatic heterocycles. The number of ether oxygens (including phenoxy) is 1. The Kier molecular flexibility index (Phi) is 5.65. The zero-order chi connectivity index (χ0) is 13.5. The van der Waals surface area contributed by atoms with E-state index in [4.69, 9.17) is 10.5 Å². The molecular formula is C14H22N2O2. The lowest BCUT2D eigenvalue weighted by molar-refractivity contribution is -0.118. The first-order valence-electron chi connectivity index (χ1n) is 6.36. The van der Waals surface area contributed by atoms with Crippen LogP contribution < -0.4 is 15.4 Å². The normalized spacial score (nSPS) is 10.5. The summed E-state index contributed by atoms with van der Waals surface area (Å²) in [5.41, 5.74) is 6.25. The van der Waals surface area contributed by atoms with Gasteiger partial charge >= 0.3 is 0 Å². The minimum absolute atomic E-state index is 0.0276. The summed E-state index contributed by atoms with van der Waals surface area (Å²) in [6.45, 7) is 6.85. The molecule has 1 rings (SSSR count). The van der Waals surface area contributed by atoms with Gasteiger partial charge < -0.3 is 15.4 Å². The Hall–Kier alpha value is -1.55. The Morgan fingerprint density at radius 1 is 1.39 bits per heavy atom. The van der Waals surface area contributed by atoms with E-state index in [1.807, 2.05) is 45.0 Å². The first kappa shape index (κ1) is 14.5. The fraction of sp³-hybridized carbons (Fsp3) is 0.500. The Balaban J connectivity index is 3.01. The van der Waals surface area contributed by atoms with Crippen LogP contribution in [0.25, 0.3) is 0 Å². The summed E-state index contributed by atoms with van der Waals surface area (Å²) in [5.74, 6) is 0.763.